The molecule has 0 amide bonds. The van der Waals surface area contributed by atoms with Gasteiger partial charge in [-0.1, -0.05) is 41.9 Å². The number of halogens is 1. The normalized spacial score (nSPS) is 23.7. The second-order valence-corrected chi connectivity index (χ2v) is 9.48. The van der Waals surface area contributed by atoms with Gasteiger partial charge in [0, 0.05) is 23.8 Å². The number of fused-ring (bicyclic) bond motifs is 1. The predicted molar refractivity (Wildman–Crippen MR) is 117 cm³/mol. The molecule has 32 heavy (non-hydrogen) atoms. The highest BCUT2D eigenvalue weighted by Gasteiger charge is 2.44. The third-order valence-corrected chi connectivity index (χ3v) is 5.84. The molecule has 1 fully saturated rings. The Labute approximate surface area is 188 Å². The molecule has 12 heteroatoms. The number of nitrogens with zero attached hydrogens (tertiary/aromatic N) is 2. The minimum absolute atomic E-state index is 0.238. The number of aliphatic hydroxyl groups excluding tert-OH is 2. The minimum Gasteiger partial charge on any atom is -0.387 e. The van der Waals surface area contributed by atoms with E-state index in [9.17, 15) is 14.8 Å². The zero-order chi connectivity index (χ0) is 22.9. The summed E-state index contributed by atoms with van der Waals surface area (Å²) in [5.41, 5.74) is 2.28. The fourth-order valence-electron chi connectivity index (χ4n) is 3.63. The third-order valence-electron chi connectivity index (χ3n) is 5.13. The van der Waals surface area contributed by atoms with Gasteiger partial charge >= 0.3 is 7.60 Å². The molecule has 0 saturated carbocycles. The van der Waals surface area contributed by atoms with Crippen molar-refractivity contribution in [3.05, 3.63) is 59.4 Å². The number of aliphatic hydroxyl groups is 2. The lowest BCUT2D eigenvalue weighted by Gasteiger charge is -2.18. The number of ether oxygens (including phenoxy) is 2. The second kappa shape index (κ2) is 9.46. The largest absolute Gasteiger partial charge is 0.387 e. The maximum absolute atomic E-state index is 10.9. The van der Waals surface area contributed by atoms with E-state index in [0.29, 0.717) is 12.2 Å². The summed E-state index contributed by atoms with van der Waals surface area (Å²) in [5, 5.41) is 25.2. The Morgan fingerprint density at radius 3 is 2.66 bits per heavy atom. The molecule has 3 heterocycles. The highest BCUT2D eigenvalue weighted by molar-refractivity contribution is 7.51. The number of rotatable bonds is 8. The maximum atomic E-state index is 10.9. The number of nitrogens with one attached hydrogen (secondary N) is 1. The summed E-state index contributed by atoms with van der Waals surface area (Å²) in [7, 11) is -4.35. The number of pyridine rings is 1. The summed E-state index contributed by atoms with van der Waals surface area (Å²) < 4.78 is 23.2. The van der Waals surface area contributed by atoms with E-state index in [1.54, 1.807) is 22.9 Å². The average molecular weight is 484 g/mol. The molecular weight excluding hydrogens is 461 g/mol. The van der Waals surface area contributed by atoms with Crippen molar-refractivity contribution in [3.8, 4) is 0 Å². The van der Waals surface area contributed by atoms with Crippen LogP contribution in [0.2, 0.25) is 5.15 Å². The molecule has 3 aromatic rings. The smallest absolute Gasteiger partial charge is 0.350 e. The first kappa shape index (κ1) is 23.2. The van der Waals surface area contributed by atoms with Crippen LogP contribution in [0.4, 0.5) is 5.69 Å². The molecule has 4 rings (SSSR count). The van der Waals surface area contributed by atoms with Crippen LogP contribution in [0.25, 0.3) is 11.0 Å². The lowest BCUT2D eigenvalue weighted by atomic mass is 10.1. The summed E-state index contributed by atoms with van der Waals surface area (Å²) in [6.07, 6.45) is -3.73. The summed E-state index contributed by atoms with van der Waals surface area (Å²) in [5.74, 6) is 0. The fraction of sp³-hybridized carbons (Fsp3) is 0.350. The zero-order valence-electron chi connectivity index (χ0n) is 16.8. The van der Waals surface area contributed by atoms with Gasteiger partial charge in [0.15, 0.2) is 6.23 Å². The lowest BCUT2D eigenvalue weighted by Crippen LogP contribution is -2.33. The minimum atomic E-state index is -4.35. The molecule has 0 aliphatic carbocycles. The number of anilines is 1. The van der Waals surface area contributed by atoms with E-state index < -0.39 is 38.5 Å². The molecule has 0 spiro atoms. The molecule has 1 aliphatic rings. The predicted octanol–water partition coefficient (Wildman–Crippen LogP) is 2.07. The standard InChI is InChI=1S/C20H23ClN3O7P/c21-16-8-14(22-9-12-4-2-1-3-5-12)13-6-7-24(19(13)23-16)20-18(26)17(25)15(31-20)10-30-11-32(27,28)29/h1-8,15,17-18,20,25-26H,9-11H2,(H,22,23)(H2,27,28,29)/t15-,17-,18-,20-/m1/s1. The highest BCUT2D eigenvalue weighted by Crippen LogP contribution is 2.37. The van der Waals surface area contributed by atoms with Crippen molar-refractivity contribution in [2.24, 2.45) is 0 Å². The topological polar surface area (TPSA) is 146 Å². The Bertz CT molecular complexity index is 1120. The quantitative estimate of drug-likeness (QED) is 0.240. The molecule has 10 nitrogen and oxygen atoms in total. The average Bonchev–Trinajstić information content (AvgIpc) is 3.28. The van der Waals surface area contributed by atoms with E-state index in [2.05, 4.69) is 10.3 Å². The van der Waals surface area contributed by atoms with Gasteiger partial charge in [-0.25, -0.2) is 4.98 Å². The SMILES string of the molecule is O=P(O)(O)COC[C@H]1O[C@@H](n2ccc3c(NCc4ccccc4)cc(Cl)nc32)[C@H](O)[C@@H]1O. The van der Waals surface area contributed by atoms with Crippen molar-refractivity contribution in [3.63, 3.8) is 0 Å². The maximum Gasteiger partial charge on any atom is 0.350 e. The van der Waals surface area contributed by atoms with E-state index in [1.165, 1.54) is 0 Å². The van der Waals surface area contributed by atoms with Crippen molar-refractivity contribution in [1.29, 1.82) is 0 Å². The molecule has 4 atom stereocenters. The highest BCUT2D eigenvalue weighted by atomic mass is 35.5. The molecule has 1 saturated heterocycles. The van der Waals surface area contributed by atoms with Crippen molar-refractivity contribution in [2.75, 3.05) is 18.3 Å². The second-order valence-electron chi connectivity index (χ2n) is 7.50. The Hall–Kier alpha value is -2.01. The van der Waals surface area contributed by atoms with Crippen molar-refractivity contribution >= 4 is 35.9 Å². The van der Waals surface area contributed by atoms with Crippen molar-refractivity contribution in [2.45, 2.75) is 31.1 Å². The lowest BCUT2D eigenvalue weighted by molar-refractivity contribution is -0.0610. The molecule has 1 aliphatic heterocycles. The molecular formula is C20H23ClN3O7P. The summed E-state index contributed by atoms with van der Waals surface area (Å²) in [6, 6.07) is 13.3. The molecule has 2 aromatic heterocycles. The summed E-state index contributed by atoms with van der Waals surface area (Å²) >= 11 is 6.24. The first-order valence-corrected chi connectivity index (χ1v) is 12.0. The summed E-state index contributed by atoms with van der Waals surface area (Å²) in [4.78, 5) is 22.2. The van der Waals surface area contributed by atoms with Crippen LogP contribution >= 0.6 is 19.2 Å². The van der Waals surface area contributed by atoms with Gasteiger partial charge in [0.05, 0.1) is 6.61 Å². The van der Waals surface area contributed by atoms with Crippen LogP contribution in [-0.4, -0.2) is 60.8 Å². The van der Waals surface area contributed by atoms with Crippen LogP contribution in [0.3, 0.4) is 0 Å². The van der Waals surface area contributed by atoms with E-state index in [1.807, 2.05) is 30.3 Å². The van der Waals surface area contributed by atoms with Gasteiger partial charge in [0.1, 0.15) is 35.5 Å². The van der Waals surface area contributed by atoms with Gasteiger partial charge in [0.2, 0.25) is 0 Å². The third kappa shape index (κ3) is 5.14. The van der Waals surface area contributed by atoms with Gasteiger partial charge < -0.3 is 39.4 Å². The molecule has 0 radical (unpaired) electrons. The van der Waals surface area contributed by atoms with Crippen LogP contribution in [-0.2, 0) is 20.6 Å². The van der Waals surface area contributed by atoms with Gasteiger partial charge in [0.25, 0.3) is 0 Å². The Balaban J connectivity index is 1.54. The summed E-state index contributed by atoms with van der Waals surface area (Å²) in [6.45, 7) is 0.277. The van der Waals surface area contributed by atoms with Gasteiger partial charge in [-0.05, 0) is 17.7 Å². The zero-order valence-corrected chi connectivity index (χ0v) is 18.4. The van der Waals surface area contributed by atoms with Crippen LogP contribution in [0.1, 0.15) is 11.8 Å². The Morgan fingerprint density at radius 1 is 1.19 bits per heavy atom. The van der Waals surface area contributed by atoms with Crippen molar-refractivity contribution in [1.82, 2.24) is 9.55 Å². The van der Waals surface area contributed by atoms with E-state index in [4.69, 9.17) is 30.9 Å². The van der Waals surface area contributed by atoms with Crippen LogP contribution in [0.5, 0.6) is 0 Å². The number of benzene rings is 1. The molecule has 0 bridgehead atoms. The molecule has 172 valence electrons. The fourth-order valence-corrected chi connectivity index (χ4v) is 4.16. The van der Waals surface area contributed by atoms with E-state index in [-0.39, 0.29) is 11.8 Å². The number of hydrogen-bond donors (Lipinski definition) is 5. The number of aromatic nitrogens is 2. The van der Waals surface area contributed by atoms with E-state index >= 15 is 0 Å². The van der Waals surface area contributed by atoms with Gasteiger partial charge in [-0.3, -0.25) is 4.57 Å². The Morgan fingerprint density at radius 2 is 1.94 bits per heavy atom. The molecule has 1 aromatic carbocycles. The van der Waals surface area contributed by atoms with Crippen molar-refractivity contribution < 1.29 is 34.0 Å². The first-order valence-electron chi connectivity index (χ1n) is 9.82. The number of hydrogen-bond acceptors (Lipinski definition) is 7. The molecule has 5 N–H and O–H groups in total. The van der Waals surface area contributed by atoms with Crippen LogP contribution in [0.15, 0.2) is 48.7 Å². The molecule has 0 unspecified atom stereocenters. The van der Waals surface area contributed by atoms with Gasteiger partial charge in [-0.15, -0.1) is 0 Å². The van der Waals surface area contributed by atoms with E-state index in [0.717, 1.165) is 16.6 Å². The van der Waals surface area contributed by atoms with Crippen LogP contribution in [0, 0.1) is 0 Å². The Kier molecular flexibility index (Phi) is 6.85. The first-order chi connectivity index (χ1) is 15.2. The van der Waals surface area contributed by atoms with Crippen LogP contribution < -0.4 is 5.32 Å². The van der Waals surface area contributed by atoms with Gasteiger partial charge in [-0.2, -0.15) is 0 Å². The monoisotopic (exact) mass is 483 g/mol.